The number of carbonyl (C=O) groups is 1. The fraction of sp³-hybridized carbons (Fsp3) is 0.125. The summed E-state index contributed by atoms with van der Waals surface area (Å²) in [5.74, 6) is -0.305. The Hall–Kier alpha value is -0.780. The van der Waals surface area contributed by atoms with Crippen molar-refractivity contribution in [2.45, 2.75) is 0 Å². The van der Waals surface area contributed by atoms with E-state index in [0.29, 0.717) is 5.56 Å². The number of methoxy groups -OCH3 is 1. The van der Waals surface area contributed by atoms with E-state index in [2.05, 4.69) is 9.11 Å². The standard InChI is InChI=1S/C8H6NO2S2.ClH/c1-11-8(10)5-2-3-6-7(4-5)12-13-9-6;/h2-4H,1H3;1H/q+1;/p-1. The maximum atomic E-state index is 11.1. The van der Waals surface area contributed by atoms with Crippen LogP contribution in [0.1, 0.15) is 10.4 Å². The highest BCUT2D eigenvalue weighted by molar-refractivity contribution is 7.69. The molecule has 1 heterocycles. The summed E-state index contributed by atoms with van der Waals surface area (Å²) in [6.45, 7) is 0. The molecule has 0 spiro atoms. The molecule has 2 rings (SSSR count). The Balaban J connectivity index is 0.000000980. The lowest BCUT2D eigenvalue weighted by Crippen LogP contribution is -3.00. The lowest BCUT2D eigenvalue weighted by atomic mass is 10.2. The van der Waals surface area contributed by atoms with E-state index in [1.807, 2.05) is 6.07 Å². The van der Waals surface area contributed by atoms with Crippen molar-refractivity contribution in [1.29, 1.82) is 0 Å². The molecule has 1 aromatic heterocycles. The molecular weight excluding hydrogens is 242 g/mol. The number of halogens is 1. The van der Waals surface area contributed by atoms with Crippen molar-refractivity contribution in [3.63, 3.8) is 0 Å². The number of aromatic nitrogens is 1. The molecule has 74 valence electrons. The van der Waals surface area contributed by atoms with Crippen LogP contribution in [0.5, 0.6) is 0 Å². The van der Waals surface area contributed by atoms with Gasteiger partial charge in [0, 0.05) is 6.07 Å². The highest BCUT2D eigenvalue weighted by Crippen LogP contribution is 2.22. The molecule has 0 atom stereocenters. The fourth-order valence-corrected chi connectivity index (χ4v) is 2.78. The zero-order valence-corrected chi connectivity index (χ0v) is 9.58. The van der Waals surface area contributed by atoms with Crippen molar-refractivity contribution in [3.05, 3.63) is 23.8 Å². The summed E-state index contributed by atoms with van der Waals surface area (Å²) < 4.78 is 9.78. The summed E-state index contributed by atoms with van der Waals surface area (Å²) in [6.07, 6.45) is 0. The van der Waals surface area contributed by atoms with Crippen LogP contribution in [0, 0.1) is 0 Å². The minimum atomic E-state index is -0.305. The molecule has 3 nitrogen and oxygen atoms in total. The first kappa shape index (κ1) is 11.3. The summed E-state index contributed by atoms with van der Waals surface area (Å²) >= 11 is 0. The molecule has 2 aromatic rings. The number of esters is 1. The number of fused-ring (bicyclic) bond motifs is 1. The van der Waals surface area contributed by atoms with Gasteiger partial charge in [-0.25, -0.2) is 4.79 Å². The molecule has 0 amide bonds. The molecule has 14 heavy (non-hydrogen) atoms. The summed E-state index contributed by atoms with van der Waals surface area (Å²) in [4.78, 5) is 11.1. The van der Waals surface area contributed by atoms with Gasteiger partial charge in [-0.3, -0.25) is 0 Å². The van der Waals surface area contributed by atoms with Crippen molar-refractivity contribution in [3.8, 4) is 0 Å². The summed E-state index contributed by atoms with van der Waals surface area (Å²) in [5, 5.41) is 0. The number of rotatable bonds is 1. The third kappa shape index (κ3) is 2.00. The molecule has 0 N–H and O–H groups in total. The van der Waals surface area contributed by atoms with E-state index in [-0.39, 0.29) is 18.4 Å². The van der Waals surface area contributed by atoms with Gasteiger partial charge in [-0.1, -0.05) is 0 Å². The van der Waals surface area contributed by atoms with Gasteiger partial charge in [-0.05, 0) is 12.1 Å². The average molecular weight is 248 g/mol. The maximum absolute atomic E-state index is 11.1. The van der Waals surface area contributed by atoms with Crippen molar-refractivity contribution in [2.24, 2.45) is 0 Å². The lowest BCUT2D eigenvalue weighted by Gasteiger charge is -1.94. The molecule has 0 saturated heterocycles. The average Bonchev–Trinajstić information content (AvgIpc) is 2.63. The Labute approximate surface area is 94.3 Å². The van der Waals surface area contributed by atoms with Crippen molar-refractivity contribution >= 4 is 37.1 Å². The molecule has 0 unspecified atom stereocenters. The minimum absolute atomic E-state index is 0. The second-order valence-corrected chi connectivity index (χ2v) is 4.31. The topological polar surface area (TPSA) is 39.2 Å². The number of carbonyl (C=O) groups excluding carboxylic acids is 1. The SMILES string of the molecule is COC(=O)c1ccc2ns[s+]c2c1.[Cl-]. The molecule has 0 radical (unpaired) electrons. The molecule has 6 heteroatoms. The van der Waals surface area contributed by atoms with Crippen LogP contribution < -0.4 is 12.4 Å². The van der Waals surface area contributed by atoms with Gasteiger partial charge in [-0.2, -0.15) is 0 Å². The number of benzene rings is 1. The smallest absolute Gasteiger partial charge is 0.338 e. The van der Waals surface area contributed by atoms with Gasteiger partial charge in [0.2, 0.25) is 0 Å². The fourth-order valence-electron chi connectivity index (χ4n) is 1.00. The van der Waals surface area contributed by atoms with Gasteiger partial charge < -0.3 is 17.1 Å². The van der Waals surface area contributed by atoms with E-state index in [9.17, 15) is 4.79 Å². The predicted molar refractivity (Wildman–Crippen MR) is 53.2 cm³/mol. The van der Waals surface area contributed by atoms with E-state index in [0.717, 1.165) is 10.2 Å². The predicted octanol–water partition coefficient (Wildman–Crippen LogP) is -0.571. The highest BCUT2D eigenvalue weighted by Gasteiger charge is 2.13. The zero-order chi connectivity index (χ0) is 9.26. The van der Waals surface area contributed by atoms with Crippen molar-refractivity contribution in [2.75, 3.05) is 7.11 Å². The van der Waals surface area contributed by atoms with Crippen LogP contribution in [0.2, 0.25) is 0 Å². The van der Waals surface area contributed by atoms with Crippen LogP contribution in [-0.2, 0) is 4.74 Å². The summed E-state index contributed by atoms with van der Waals surface area (Å²) in [6, 6.07) is 5.35. The Kier molecular flexibility index (Phi) is 3.74. The maximum Gasteiger partial charge on any atom is 0.338 e. The Morgan fingerprint density at radius 2 is 2.36 bits per heavy atom. The molecule has 0 saturated carbocycles. The van der Waals surface area contributed by atoms with E-state index in [4.69, 9.17) is 0 Å². The van der Waals surface area contributed by atoms with Crippen LogP contribution in [0.25, 0.3) is 10.2 Å². The van der Waals surface area contributed by atoms with Crippen LogP contribution in [0.3, 0.4) is 0 Å². The molecule has 0 bridgehead atoms. The van der Waals surface area contributed by atoms with Crippen LogP contribution >= 0.6 is 20.9 Å². The molecule has 0 fully saturated rings. The molecule has 0 aliphatic rings. The summed E-state index contributed by atoms with van der Waals surface area (Å²) in [5.41, 5.74) is 1.51. The van der Waals surface area contributed by atoms with E-state index in [1.165, 1.54) is 17.6 Å². The van der Waals surface area contributed by atoms with Gasteiger partial charge >= 0.3 is 16.3 Å². The van der Waals surface area contributed by atoms with E-state index in [1.54, 1.807) is 22.5 Å². The molecular formula is C8H6ClNO2S2. The second-order valence-electron chi connectivity index (χ2n) is 2.42. The monoisotopic (exact) mass is 247 g/mol. The quantitative estimate of drug-likeness (QED) is 0.385. The van der Waals surface area contributed by atoms with Crippen LogP contribution in [0.15, 0.2) is 18.2 Å². The van der Waals surface area contributed by atoms with E-state index < -0.39 is 0 Å². The van der Waals surface area contributed by atoms with Gasteiger partial charge in [0.1, 0.15) is 5.52 Å². The lowest BCUT2D eigenvalue weighted by molar-refractivity contribution is -0.0000171. The number of nitrogens with zero attached hydrogens (tertiary/aromatic N) is 1. The molecule has 1 aromatic carbocycles. The van der Waals surface area contributed by atoms with Gasteiger partial charge in [0.05, 0.1) is 12.7 Å². The highest BCUT2D eigenvalue weighted by atomic mass is 35.5. The molecule has 0 aliphatic carbocycles. The van der Waals surface area contributed by atoms with Crippen LogP contribution in [-0.4, -0.2) is 17.5 Å². The van der Waals surface area contributed by atoms with Crippen molar-refractivity contribution < 1.29 is 21.9 Å². The second kappa shape index (κ2) is 4.63. The normalized spacial score (nSPS) is 9.50. The largest absolute Gasteiger partial charge is 1.00 e. The van der Waals surface area contributed by atoms with Gasteiger partial charge in [0.15, 0.2) is 0 Å². The third-order valence-corrected chi connectivity index (χ3v) is 3.48. The van der Waals surface area contributed by atoms with Crippen LogP contribution in [0.4, 0.5) is 0 Å². The first-order valence-electron chi connectivity index (χ1n) is 3.58. The Morgan fingerprint density at radius 3 is 3.07 bits per heavy atom. The first-order chi connectivity index (χ1) is 6.31. The summed E-state index contributed by atoms with van der Waals surface area (Å²) in [7, 11) is 4.35. The van der Waals surface area contributed by atoms with Crippen molar-refractivity contribution in [1.82, 2.24) is 4.37 Å². The number of hydrogen-bond donors (Lipinski definition) is 0. The minimum Gasteiger partial charge on any atom is -1.00 e. The zero-order valence-electron chi connectivity index (χ0n) is 7.19. The third-order valence-electron chi connectivity index (χ3n) is 1.64. The van der Waals surface area contributed by atoms with E-state index >= 15 is 0 Å². The first-order valence-corrected chi connectivity index (χ1v) is 5.69. The Bertz CT molecular complexity index is 457. The van der Waals surface area contributed by atoms with Gasteiger partial charge in [-0.15, -0.1) is 4.37 Å². The number of hydrogen-bond acceptors (Lipinski definition) is 4. The molecule has 0 aliphatic heterocycles. The van der Waals surface area contributed by atoms with Gasteiger partial charge in [0.25, 0.3) is 15.2 Å². The Morgan fingerprint density at radius 1 is 1.57 bits per heavy atom. The number of ether oxygens (including phenoxy) is 1.